The quantitative estimate of drug-likeness (QED) is 0.627. The van der Waals surface area contributed by atoms with E-state index in [0.29, 0.717) is 18.8 Å². The van der Waals surface area contributed by atoms with Gasteiger partial charge in [0.05, 0.1) is 24.8 Å². The van der Waals surface area contributed by atoms with Gasteiger partial charge >= 0.3 is 0 Å². The largest absolute Gasteiger partial charge is 0.490 e. The minimum absolute atomic E-state index is 0.647. The standard InChI is InChI=1S/C11H11NO2/c1-8-9(7-12)3-4-10-11(8)14-6-2-5-13-10/h3-4H,2,5-6H2,1H3. The van der Waals surface area contributed by atoms with Crippen LogP contribution in [0.1, 0.15) is 17.5 Å². The van der Waals surface area contributed by atoms with Crippen molar-refractivity contribution in [1.82, 2.24) is 0 Å². The van der Waals surface area contributed by atoms with Crippen LogP contribution in [-0.2, 0) is 0 Å². The van der Waals surface area contributed by atoms with Gasteiger partial charge in [0.25, 0.3) is 0 Å². The Morgan fingerprint density at radius 2 is 2.07 bits per heavy atom. The van der Waals surface area contributed by atoms with Crippen LogP contribution in [-0.4, -0.2) is 13.2 Å². The predicted octanol–water partition coefficient (Wildman–Crippen LogP) is 2.03. The molecule has 1 heterocycles. The van der Waals surface area contributed by atoms with Crippen molar-refractivity contribution < 1.29 is 9.47 Å². The van der Waals surface area contributed by atoms with E-state index in [0.717, 1.165) is 23.5 Å². The molecule has 0 radical (unpaired) electrons. The molecule has 0 bridgehead atoms. The Bertz CT molecular complexity index is 393. The molecule has 0 N–H and O–H groups in total. The summed E-state index contributed by atoms with van der Waals surface area (Å²) in [7, 11) is 0. The zero-order chi connectivity index (χ0) is 9.97. The Morgan fingerprint density at radius 1 is 1.29 bits per heavy atom. The number of ether oxygens (including phenoxy) is 2. The number of benzene rings is 1. The molecule has 72 valence electrons. The molecule has 0 aromatic heterocycles. The highest BCUT2D eigenvalue weighted by atomic mass is 16.5. The minimum Gasteiger partial charge on any atom is -0.490 e. The number of nitrogens with zero attached hydrogens (tertiary/aromatic N) is 1. The highest BCUT2D eigenvalue weighted by molar-refractivity contribution is 5.54. The average molecular weight is 189 g/mol. The van der Waals surface area contributed by atoms with Crippen molar-refractivity contribution >= 4 is 0 Å². The van der Waals surface area contributed by atoms with Crippen LogP contribution in [0.5, 0.6) is 11.5 Å². The number of nitriles is 1. The van der Waals surface area contributed by atoms with Crippen molar-refractivity contribution in [2.24, 2.45) is 0 Å². The van der Waals surface area contributed by atoms with Gasteiger partial charge in [-0.2, -0.15) is 5.26 Å². The topological polar surface area (TPSA) is 42.2 Å². The Morgan fingerprint density at radius 3 is 2.86 bits per heavy atom. The van der Waals surface area contributed by atoms with Gasteiger partial charge in [-0.15, -0.1) is 0 Å². The van der Waals surface area contributed by atoms with Gasteiger partial charge in [0.1, 0.15) is 0 Å². The van der Waals surface area contributed by atoms with E-state index in [-0.39, 0.29) is 0 Å². The molecule has 0 amide bonds. The van der Waals surface area contributed by atoms with Gasteiger partial charge in [0, 0.05) is 12.0 Å². The van der Waals surface area contributed by atoms with E-state index in [1.807, 2.05) is 6.92 Å². The summed E-state index contributed by atoms with van der Waals surface area (Å²) >= 11 is 0. The molecule has 0 saturated carbocycles. The summed E-state index contributed by atoms with van der Waals surface area (Å²) in [5.74, 6) is 1.47. The molecule has 1 aromatic carbocycles. The first-order valence-electron chi connectivity index (χ1n) is 4.62. The van der Waals surface area contributed by atoms with Crippen LogP contribution in [0.25, 0.3) is 0 Å². The minimum atomic E-state index is 0.647. The predicted molar refractivity (Wildman–Crippen MR) is 51.5 cm³/mol. The lowest BCUT2D eigenvalue weighted by atomic mass is 10.1. The van der Waals surface area contributed by atoms with Crippen LogP contribution in [0.4, 0.5) is 0 Å². The van der Waals surface area contributed by atoms with E-state index in [4.69, 9.17) is 14.7 Å². The molecule has 1 aliphatic heterocycles. The maximum Gasteiger partial charge on any atom is 0.165 e. The van der Waals surface area contributed by atoms with Crippen LogP contribution >= 0.6 is 0 Å². The molecular weight excluding hydrogens is 178 g/mol. The van der Waals surface area contributed by atoms with Gasteiger partial charge < -0.3 is 9.47 Å². The van der Waals surface area contributed by atoms with Gasteiger partial charge in [-0.1, -0.05) is 0 Å². The number of hydrogen-bond donors (Lipinski definition) is 0. The van der Waals surface area contributed by atoms with Crippen LogP contribution in [0.2, 0.25) is 0 Å². The fourth-order valence-electron chi connectivity index (χ4n) is 1.50. The highest BCUT2D eigenvalue weighted by Crippen LogP contribution is 2.34. The zero-order valence-electron chi connectivity index (χ0n) is 8.04. The summed E-state index contributed by atoms with van der Waals surface area (Å²) in [5, 5.41) is 8.84. The Labute approximate surface area is 82.9 Å². The highest BCUT2D eigenvalue weighted by Gasteiger charge is 2.14. The van der Waals surface area contributed by atoms with E-state index in [1.54, 1.807) is 12.1 Å². The molecule has 0 saturated heterocycles. The van der Waals surface area contributed by atoms with Crippen molar-refractivity contribution in [1.29, 1.82) is 5.26 Å². The molecule has 3 nitrogen and oxygen atoms in total. The molecule has 3 heteroatoms. The molecule has 1 aromatic rings. The van der Waals surface area contributed by atoms with E-state index in [2.05, 4.69) is 6.07 Å². The molecule has 0 fully saturated rings. The van der Waals surface area contributed by atoms with Crippen LogP contribution < -0.4 is 9.47 Å². The molecule has 0 unspecified atom stereocenters. The van der Waals surface area contributed by atoms with Crippen LogP contribution in [0.3, 0.4) is 0 Å². The maximum atomic E-state index is 8.84. The van der Waals surface area contributed by atoms with Crippen LogP contribution in [0.15, 0.2) is 12.1 Å². The Hall–Kier alpha value is -1.69. The Kier molecular flexibility index (Phi) is 2.28. The molecule has 2 rings (SSSR count). The van der Waals surface area contributed by atoms with Crippen molar-refractivity contribution in [3.8, 4) is 17.6 Å². The summed E-state index contributed by atoms with van der Waals surface area (Å²) in [6.07, 6.45) is 0.885. The number of rotatable bonds is 0. The molecule has 0 aliphatic carbocycles. The number of hydrogen-bond acceptors (Lipinski definition) is 3. The number of fused-ring (bicyclic) bond motifs is 1. The van der Waals surface area contributed by atoms with Gasteiger partial charge in [-0.05, 0) is 19.1 Å². The van der Waals surface area contributed by atoms with Crippen molar-refractivity contribution in [2.45, 2.75) is 13.3 Å². The lowest BCUT2D eigenvalue weighted by molar-refractivity contribution is 0.296. The van der Waals surface area contributed by atoms with Crippen molar-refractivity contribution in [3.63, 3.8) is 0 Å². The second-order valence-electron chi connectivity index (χ2n) is 3.23. The smallest absolute Gasteiger partial charge is 0.165 e. The fraction of sp³-hybridized carbons (Fsp3) is 0.364. The molecule has 0 spiro atoms. The maximum absolute atomic E-state index is 8.84. The third kappa shape index (κ3) is 1.39. The van der Waals surface area contributed by atoms with E-state index >= 15 is 0 Å². The SMILES string of the molecule is Cc1c(C#N)ccc2c1OCCCO2. The second kappa shape index (κ2) is 3.59. The summed E-state index contributed by atoms with van der Waals surface area (Å²) < 4.78 is 11.0. The summed E-state index contributed by atoms with van der Waals surface area (Å²) in [4.78, 5) is 0. The van der Waals surface area contributed by atoms with Gasteiger partial charge in [-0.25, -0.2) is 0 Å². The monoisotopic (exact) mass is 189 g/mol. The summed E-state index contributed by atoms with van der Waals surface area (Å²) in [6.45, 7) is 3.22. The van der Waals surface area contributed by atoms with Gasteiger partial charge in [0.2, 0.25) is 0 Å². The first-order chi connectivity index (χ1) is 6.83. The van der Waals surface area contributed by atoms with Crippen LogP contribution in [0, 0.1) is 18.3 Å². The van der Waals surface area contributed by atoms with Gasteiger partial charge in [0.15, 0.2) is 11.5 Å². The first kappa shape index (κ1) is 8.89. The Balaban J connectivity index is 2.51. The molecule has 1 aliphatic rings. The first-order valence-corrected chi connectivity index (χ1v) is 4.62. The second-order valence-corrected chi connectivity index (χ2v) is 3.23. The van der Waals surface area contributed by atoms with E-state index in [9.17, 15) is 0 Å². The van der Waals surface area contributed by atoms with E-state index < -0.39 is 0 Å². The lowest BCUT2D eigenvalue weighted by Gasteiger charge is -2.10. The fourth-order valence-corrected chi connectivity index (χ4v) is 1.50. The van der Waals surface area contributed by atoms with Crippen molar-refractivity contribution in [3.05, 3.63) is 23.3 Å². The summed E-state index contributed by atoms with van der Waals surface area (Å²) in [6, 6.07) is 5.69. The summed E-state index contributed by atoms with van der Waals surface area (Å²) in [5.41, 5.74) is 1.51. The zero-order valence-corrected chi connectivity index (χ0v) is 8.04. The van der Waals surface area contributed by atoms with Crippen molar-refractivity contribution in [2.75, 3.05) is 13.2 Å². The molecule has 0 atom stereocenters. The lowest BCUT2D eigenvalue weighted by Crippen LogP contribution is -1.98. The third-order valence-electron chi connectivity index (χ3n) is 2.28. The average Bonchev–Trinajstić information content (AvgIpc) is 2.44. The van der Waals surface area contributed by atoms with Gasteiger partial charge in [-0.3, -0.25) is 0 Å². The molecular formula is C11H11NO2. The third-order valence-corrected chi connectivity index (χ3v) is 2.28. The normalized spacial score (nSPS) is 14.3. The molecule has 14 heavy (non-hydrogen) atoms. The van der Waals surface area contributed by atoms with E-state index in [1.165, 1.54) is 0 Å².